The average molecular weight is 341 g/mol. The topological polar surface area (TPSA) is 48.7 Å². The lowest BCUT2D eigenvalue weighted by molar-refractivity contribution is 0.197. The van der Waals surface area contributed by atoms with Crippen LogP contribution in [-0.2, 0) is 13.0 Å². The fraction of sp³-hybridized carbons (Fsp3) is 0.450. The molecule has 0 bridgehead atoms. The van der Waals surface area contributed by atoms with Gasteiger partial charge in [0.25, 0.3) is 0 Å². The van der Waals surface area contributed by atoms with Crippen LogP contribution in [0, 0.1) is 0 Å². The van der Waals surface area contributed by atoms with Gasteiger partial charge in [-0.05, 0) is 44.0 Å². The van der Waals surface area contributed by atoms with E-state index in [2.05, 4.69) is 40.5 Å². The fourth-order valence-electron chi connectivity index (χ4n) is 3.23. The summed E-state index contributed by atoms with van der Waals surface area (Å²) in [5.74, 6) is 0. The van der Waals surface area contributed by atoms with Gasteiger partial charge in [-0.2, -0.15) is 0 Å². The molecule has 2 heterocycles. The van der Waals surface area contributed by atoms with Gasteiger partial charge >= 0.3 is 6.03 Å². The lowest BCUT2D eigenvalue weighted by Crippen LogP contribution is -2.41. The second-order valence-electron chi connectivity index (χ2n) is 6.56. The number of carbonyl (C=O) groups is 1. The number of amides is 2. The minimum Gasteiger partial charge on any atom is -0.472 e. The summed E-state index contributed by atoms with van der Waals surface area (Å²) in [5.41, 5.74) is 2.39. The van der Waals surface area contributed by atoms with E-state index in [1.54, 1.807) is 12.5 Å². The average Bonchev–Trinajstić information content (AvgIpc) is 3.05. The highest BCUT2D eigenvalue weighted by molar-refractivity contribution is 5.74. The molecule has 1 aliphatic heterocycles. The highest BCUT2D eigenvalue weighted by Gasteiger charge is 2.18. The normalized spacial score (nSPS) is 15.8. The smallest absolute Gasteiger partial charge is 0.317 e. The van der Waals surface area contributed by atoms with Crippen LogP contribution >= 0.6 is 0 Å². The number of rotatable bonds is 6. The van der Waals surface area contributed by atoms with Crippen LogP contribution in [0.5, 0.6) is 0 Å². The van der Waals surface area contributed by atoms with Gasteiger partial charge in [0.15, 0.2) is 0 Å². The van der Waals surface area contributed by atoms with Gasteiger partial charge in [0.05, 0.1) is 12.5 Å². The largest absolute Gasteiger partial charge is 0.472 e. The number of carbonyl (C=O) groups excluding carboxylic acids is 1. The molecule has 5 heteroatoms. The molecule has 0 radical (unpaired) electrons. The molecule has 3 rings (SSSR count). The zero-order valence-corrected chi connectivity index (χ0v) is 14.7. The highest BCUT2D eigenvalue weighted by atomic mass is 16.3. The Morgan fingerprint density at radius 1 is 1.04 bits per heavy atom. The molecule has 0 atom stereocenters. The zero-order valence-electron chi connectivity index (χ0n) is 14.7. The molecule has 134 valence electrons. The molecule has 1 aromatic heterocycles. The first kappa shape index (κ1) is 17.5. The third-order valence-corrected chi connectivity index (χ3v) is 4.68. The fourth-order valence-corrected chi connectivity index (χ4v) is 3.23. The maximum atomic E-state index is 12.3. The van der Waals surface area contributed by atoms with E-state index in [0.29, 0.717) is 6.54 Å². The van der Waals surface area contributed by atoms with Crippen molar-refractivity contribution < 1.29 is 9.21 Å². The van der Waals surface area contributed by atoms with Crippen LogP contribution in [0.15, 0.2) is 53.3 Å². The lowest BCUT2D eigenvalue weighted by atomic mass is 10.1. The van der Waals surface area contributed by atoms with Gasteiger partial charge in [-0.1, -0.05) is 30.3 Å². The summed E-state index contributed by atoms with van der Waals surface area (Å²) in [6.07, 6.45) is 6.60. The van der Waals surface area contributed by atoms with Crippen molar-refractivity contribution in [3.05, 3.63) is 60.1 Å². The van der Waals surface area contributed by atoms with Crippen molar-refractivity contribution >= 4 is 6.03 Å². The van der Waals surface area contributed by atoms with Crippen LogP contribution < -0.4 is 5.32 Å². The summed E-state index contributed by atoms with van der Waals surface area (Å²) in [6, 6.07) is 12.5. The quantitative estimate of drug-likeness (QED) is 0.878. The third kappa shape index (κ3) is 5.64. The van der Waals surface area contributed by atoms with Crippen molar-refractivity contribution in [1.29, 1.82) is 0 Å². The van der Waals surface area contributed by atoms with E-state index in [9.17, 15) is 4.79 Å². The van der Waals surface area contributed by atoms with Crippen LogP contribution in [-0.4, -0.2) is 48.6 Å². The Morgan fingerprint density at radius 2 is 1.92 bits per heavy atom. The van der Waals surface area contributed by atoms with Crippen molar-refractivity contribution in [2.24, 2.45) is 0 Å². The molecule has 1 fully saturated rings. The Bertz CT molecular complexity index is 628. The van der Waals surface area contributed by atoms with Gasteiger partial charge in [0.2, 0.25) is 0 Å². The molecule has 0 spiro atoms. The van der Waals surface area contributed by atoms with Crippen LogP contribution in [0.3, 0.4) is 0 Å². The molecule has 1 aliphatic rings. The minimum absolute atomic E-state index is 0.0207. The van der Waals surface area contributed by atoms with Crippen molar-refractivity contribution in [1.82, 2.24) is 15.1 Å². The van der Waals surface area contributed by atoms with Gasteiger partial charge in [-0.15, -0.1) is 0 Å². The predicted octanol–water partition coefficient (Wildman–Crippen LogP) is 3.13. The summed E-state index contributed by atoms with van der Waals surface area (Å²) in [6.45, 7) is 5.26. The van der Waals surface area contributed by atoms with E-state index in [4.69, 9.17) is 4.42 Å². The Labute approximate surface area is 149 Å². The third-order valence-electron chi connectivity index (χ3n) is 4.68. The number of urea groups is 1. The lowest BCUT2D eigenvalue weighted by Gasteiger charge is -2.22. The van der Waals surface area contributed by atoms with Crippen LogP contribution in [0.2, 0.25) is 0 Å². The second-order valence-corrected chi connectivity index (χ2v) is 6.56. The molecular formula is C20H27N3O2. The van der Waals surface area contributed by atoms with E-state index < -0.39 is 0 Å². The zero-order chi connectivity index (χ0) is 17.3. The molecule has 0 saturated carbocycles. The van der Waals surface area contributed by atoms with Crippen molar-refractivity contribution in [3.8, 4) is 0 Å². The van der Waals surface area contributed by atoms with Gasteiger partial charge in [0.1, 0.15) is 0 Å². The van der Waals surface area contributed by atoms with Crippen LogP contribution in [0.1, 0.15) is 24.0 Å². The molecule has 1 N–H and O–H groups in total. The minimum atomic E-state index is 0.0207. The molecule has 25 heavy (non-hydrogen) atoms. The first-order valence-electron chi connectivity index (χ1n) is 9.11. The molecule has 1 saturated heterocycles. The van der Waals surface area contributed by atoms with Crippen LogP contribution in [0.4, 0.5) is 4.79 Å². The van der Waals surface area contributed by atoms with E-state index in [1.165, 1.54) is 5.56 Å². The Hall–Kier alpha value is -2.27. The Balaban J connectivity index is 1.37. The molecule has 2 amide bonds. The molecule has 2 aromatic rings. The number of nitrogens with one attached hydrogen (secondary N) is 1. The van der Waals surface area contributed by atoms with Gasteiger partial charge in [-0.25, -0.2) is 4.79 Å². The van der Waals surface area contributed by atoms with E-state index in [-0.39, 0.29) is 6.03 Å². The van der Waals surface area contributed by atoms with E-state index in [1.807, 2.05) is 11.0 Å². The maximum Gasteiger partial charge on any atom is 0.317 e. The summed E-state index contributed by atoms with van der Waals surface area (Å²) in [7, 11) is 0. The number of hydrogen-bond acceptors (Lipinski definition) is 3. The summed E-state index contributed by atoms with van der Waals surface area (Å²) in [5, 5.41) is 2.97. The molecule has 1 aromatic carbocycles. The predicted molar refractivity (Wildman–Crippen MR) is 98.3 cm³/mol. The number of nitrogens with zero attached hydrogens (tertiary/aromatic N) is 2. The number of aryl methyl sites for hydroxylation is 1. The highest BCUT2D eigenvalue weighted by Crippen LogP contribution is 2.08. The first-order chi connectivity index (χ1) is 12.3. The van der Waals surface area contributed by atoms with Gasteiger partial charge in [0, 0.05) is 31.7 Å². The molecular weight excluding hydrogens is 314 g/mol. The molecule has 5 nitrogen and oxygen atoms in total. The van der Waals surface area contributed by atoms with Gasteiger partial charge in [-0.3, -0.25) is 0 Å². The first-order valence-corrected chi connectivity index (χ1v) is 9.11. The number of furan rings is 1. The molecule has 0 unspecified atom stereocenters. The van der Waals surface area contributed by atoms with E-state index >= 15 is 0 Å². The summed E-state index contributed by atoms with van der Waals surface area (Å²) < 4.78 is 5.02. The monoisotopic (exact) mass is 341 g/mol. The van der Waals surface area contributed by atoms with Gasteiger partial charge < -0.3 is 19.5 Å². The van der Waals surface area contributed by atoms with Crippen molar-refractivity contribution in [2.75, 3.05) is 32.7 Å². The number of benzene rings is 1. The Morgan fingerprint density at radius 3 is 2.72 bits per heavy atom. The maximum absolute atomic E-state index is 12.3. The molecule has 0 aliphatic carbocycles. The van der Waals surface area contributed by atoms with Crippen molar-refractivity contribution in [2.45, 2.75) is 25.8 Å². The standard InChI is InChI=1S/C20H27N3O2/c24-20(21-16-19-9-15-25-17-19)23-12-5-11-22(13-14-23)10-4-8-18-6-2-1-3-7-18/h1-3,6-7,9,15,17H,4-5,8,10-14,16H2,(H,21,24). The Kier molecular flexibility index (Phi) is 6.51. The summed E-state index contributed by atoms with van der Waals surface area (Å²) >= 11 is 0. The summed E-state index contributed by atoms with van der Waals surface area (Å²) in [4.78, 5) is 16.7. The van der Waals surface area contributed by atoms with E-state index in [0.717, 1.165) is 57.5 Å². The van der Waals surface area contributed by atoms with Crippen molar-refractivity contribution in [3.63, 3.8) is 0 Å². The SMILES string of the molecule is O=C(NCc1ccoc1)N1CCCN(CCCc2ccccc2)CC1. The number of hydrogen-bond donors (Lipinski definition) is 1. The van der Waals surface area contributed by atoms with Crippen LogP contribution in [0.25, 0.3) is 0 Å². The second kappa shape index (κ2) is 9.28.